The Morgan fingerprint density at radius 2 is 1.86 bits per heavy atom. The highest BCUT2D eigenvalue weighted by atomic mass is 16.5. The van der Waals surface area contributed by atoms with Gasteiger partial charge in [0.05, 0.1) is 0 Å². The molecule has 0 aliphatic rings. The number of amides is 2. The molecule has 0 bridgehead atoms. The van der Waals surface area contributed by atoms with E-state index in [1.54, 1.807) is 18.2 Å². The molecule has 0 saturated carbocycles. The number of rotatable bonds is 5. The van der Waals surface area contributed by atoms with Crippen molar-refractivity contribution in [3.05, 3.63) is 53.6 Å². The Hall–Kier alpha value is -3.48. The Labute approximate surface area is 163 Å². The summed E-state index contributed by atoms with van der Waals surface area (Å²) in [5.41, 5.74) is 3.47. The van der Waals surface area contributed by atoms with Crippen LogP contribution in [0.4, 0.5) is 5.69 Å². The Bertz CT molecular complexity index is 1020. The first-order valence-corrected chi connectivity index (χ1v) is 8.97. The largest absolute Gasteiger partial charge is 0.350 e. The fourth-order valence-electron chi connectivity index (χ4n) is 2.79. The van der Waals surface area contributed by atoms with Crippen molar-refractivity contribution in [2.24, 2.45) is 0 Å². The highest BCUT2D eigenvalue weighted by Gasteiger charge is 2.16. The normalized spacial score (nSPS) is 10.8. The van der Waals surface area contributed by atoms with Gasteiger partial charge in [0.1, 0.15) is 0 Å². The predicted molar refractivity (Wildman–Crippen MR) is 107 cm³/mol. The first-order chi connectivity index (χ1) is 13.3. The second-order valence-corrected chi connectivity index (χ2v) is 6.79. The average molecular weight is 378 g/mol. The quantitative estimate of drug-likeness (QED) is 0.704. The van der Waals surface area contributed by atoms with Gasteiger partial charge in [-0.3, -0.25) is 9.59 Å². The molecule has 0 fully saturated rings. The maximum Gasteiger partial charge on any atom is 0.258 e. The lowest BCUT2D eigenvalue weighted by Gasteiger charge is -2.09. The number of nitrogens with one attached hydrogen (secondary N) is 2. The topological polar surface area (TPSA) is 97.1 Å². The van der Waals surface area contributed by atoms with Crippen molar-refractivity contribution in [1.29, 1.82) is 0 Å². The Morgan fingerprint density at radius 3 is 2.57 bits per heavy atom. The molecule has 0 unspecified atom stereocenters. The van der Waals surface area contributed by atoms with Crippen molar-refractivity contribution >= 4 is 17.5 Å². The minimum atomic E-state index is -0.153. The molecule has 2 N–H and O–H groups in total. The van der Waals surface area contributed by atoms with Crippen LogP contribution >= 0.6 is 0 Å². The second kappa shape index (κ2) is 8.04. The van der Waals surface area contributed by atoms with Crippen molar-refractivity contribution in [3.8, 4) is 22.8 Å². The van der Waals surface area contributed by atoms with Crippen LogP contribution in [0.3, 0.4) is 0 Å². The average Bonchev–Trinajstić information content (AvgIpc) is 3.12. The van der Waals surface area contributed by atoms with Crippen LogP contribution in [0.25, 0.3) is 22.8 Å². The molecule has 7 nitrogen and oxygen atoms in total. The van der Waals surface area contributed by atoms with E-state index in [4.69, 9.17) is 4.52 Å². The smallest absolute Gasteiger partial charge is 0.258 e. The number of carbonyl (C=O) groups excluding carboxylic acids is 2. The summed E-state index contributed by atoms with van der Waals surface area (Å²) < 4.78 is 5.44. The zero-order chi connectivity index (χ0) is 20.3. The highest BCUT2D eigenvalue weighted by molar-refractivity contribution is 5.95. The SMILES string of the molecule is CC(=O)Nc1cccc(-c2nc(-c3cccc(C(=O)NC(C)C)c3)no2)c1C. The van der Waals surface area contributed by atoms with Gasteiger partial charge in [0.2, 0.25) is 11.7 Å². The summed E-state index contributed by atoms with van der Waals surface area (Å²) in [5, 5.41) is 9.69. The summed E-state index contributed by atoms with van der Waals surface area (Å²) >= 11 is 0. The van der Waals surface area contributed by atoms with Crippen LogP contribution in [0.1, 0.15) is 36.7 Å². The lowest BCUT2D eigenvalue weighted by atomic mass is 10.1. The van der Waals surface area contributed by atoms with E-state index in [0.29, 0.717) is 28.5 Å². The Balaban J connectivity index is 1.91. The maximum absolute atomic E-state index is 12.2. The molecule has 0 aliphatic carbocycles. The molecule has 7 heteroatoms. The Morgan fingerprint density at radius 1 is 1.11 bits per heavy atom. The van der Waals surface area contributed by atoms with Gasteiger partial charge in [-0.2, -0.15) is 4.98 Å². The molecule has 0 spiro atoms. The molecule has 3 aromatic rings. The molecule has 0 radical (unpaired) electrons. The minimum absolute atomic E-state index is 0.0480. The van der Waals surface area contributed by atoms with Crippen molar-refractivity contribution < 1.29 is 14.1 Å². The van der Waals surface area contributed by atoms with E-state index in [1.165, 1.54) is 6.92 Å². The molecular formula is C21H22N4O3. The molecule has 0 atom stereocenters. The van der Waals surface area contributed by atoms with Crippen LogP contribution < -0.4 is 10.6 Å². The number of hydrogen-bond acceptors (Lipinski definition) is 5. The zero-order valence-electron chi connectivity index (χ0n) is 16.2. The summed E-state index contributed by atoms with van der Waals surface area (Å²) in [6, 6.07) is 12.6. The van der Waals surface area contributed by atoms with Gasteiger partial charge in [0, 0.05) is 35.3 Å². The van der Waals surface area contributed by atoms with Crippen molar-refractivity contribution in [3.63, 3.8) is 0 Å². The summed E-state index contributed by atoms with van der Waals surface area (Å²) in [6.45, 7) is 7.15. The number of carbonyl (C=O) groups is 2. The number of nitrogens with zero attached hydrogens (tertiary/aromatic N) is 2. The lowest BCUT2D eigenvalue weighted by molar-refractivity contribution is -0.114. The molecule has 144 valence electrons. The monoisotopic (exact) mass is 378 g/mol. The molecule has 0 saturated heterocycles. The van der Waals surface area contributed by atoms with Crippen LogP contribution in [0.2, 0.25) is 0 Å². The number of aromatic nitrogens is 2. The molecule has 1 aromatic heterocycles. The number of benzene rings is 2. The first-order valence-electron chi connectivity index (χ1n) is 8.97. The molecule has 2 amide bonds. The zero-order valence-corrected chi connectivity index (χ0v) is 16.2. The molecule has 2 aromatic carbocycles. The summed E-state index contributed by atoms with van der Waals surface area (Å²) in [6.07, 6.45) is 0. The van der Waals surface area contributed by atoms with Crippen molar-refractivity contribution in [2.45, 2.75) is 33.7 Å². The minimum Gasteiger partial charge on any atom is -0.350 e. The van der Waals surface area contributed by atoms with Crippen LogP contribution in [0, 0.1) is 6.92 Å². The van der Waals surface area contributed by atoms with Gasteiger partial charge in [-0.05, 0) is 50.6 Å². The summed E-state index contributed by atoms with van der Waals surface area (Å²) in [5.74, 6) is 0.428. The maximum atomic E-state index is 12.2. The third-order valence-corrected chi connectivity index (χ3v) is 4.10. The van der Waals surface area contributed by atoms with E-state index >= 15 is 0 Å². The second-order valence-electron chi connectivity index (χ2n) is 6.79. The van der Waals surface area contributed by atoms with Gasteiger partial charge < -0.3 is 15.2 Å². The van der Waals surface area contributed by atoms with Crippen LogP contribution in [0.5, 0.6) is 0 Å². The molecule has 28 heavy (non-hydrogen) atoms. The molecular weight excluding hydrogens is 356 g/mol. The Kier molecular flexibility index (Phi) is 5.54. The fraction of sp³-hybridized carbons (Fsp3) is 0.238. The van der Waals surface area contributed by atoms with Gasteiger partial charge >= 0.3 is 0 Å². The van der Waals surface area contributed by atoms with E-state index < -0.39 is 0 Å². The lowest BCUT2D eigenvalue weighted by Crippen LogP contribution is -2.30. The summed E-state index contributed by atoms with van der Waals surface area (Å²) in [4.78, 5) is 28.1. The third-order valence-electron chi connectivity index (χ3n) is 4.10. The van der Waals surface area contributed by atoms with E-state index in [1.807, 2.05) is 45.0 Å². The number of anilines is 1. The van der Waals surface area contributed by atoms with Crippen LogP contribution in [-0.2, 0) is 4.79 Å². The predicted octanol–water partition coefficient (Wildman–Crippen LogP) is 3.81. The van der Waals surface area contributed by atoms with Crippen molar-refractivity contribution in [1.82, 2.24) is 15.5 Å². The fourth-order valence-corrected chi connectivity index (χ4v) is 2.79. The van der Waals surface area contributed by atoms with Gasteiger partial charge in [-0.25, -0.2) is 0 Å². The van der Waals surface area contributed by atoms with Crippen LogP contribution in [0.15, 0.2) is 47.0 Å². The highest BCUT2D eigenvalue weighted by Crippen LogP contribution is 2.29. The van der Waals surface area contributed by atoms with Crippen LogP contribution in [-0.4, -0.2) is 28.0 Å². The van der Waals surface area contributed by atoms with Gasteiger partial charge in [0.15, 0.2) is 0 Å². The van der Waals surface area contributed by atoms with E-state index in [-0.39, 0.29) is 17.9 Å². The first kappa shape index (κ1) is 19.3. The van der Waals surface area contributed by atoms with Gasteiger partial charge in [-0.1, -0.05) is 23.4 Å². The van der Waals surface area contributed by atoms with E-state index in [9.17, 15) is 9.59 Å². The molecule has 3 rings (SSSR count). The summed E-state index contributed by atoms with van der Waals surface area (Å²) in [7, 11) is 0. The van der Waals surface area contributed by atoms with E-state index in [0.717, 1.165) is 11.1 Å². The molecule has 0 aliphatic heterocycles. The number of hydrogen-bond donors (Lipinski definition) is 2. The van der Waals surface area contributed by atoms with Gasteiger partial charge in [0.25, 0.3) is 11.8 Å². The van der Waals surface area contributed by atoms with E-state index in [2.05, 4.69) is 20.8 Å². The standard InChI is InChI=1S/C21H22N4O3/c1-12(2)22-20(27)16-8-5-7-15(11-16)19-24-21(28-25-19)17-9-6-10-18(13(17)3)23-14(4)26/h5-12H,1-4H3,(H,22,27)(H,23,26). The van der Waals surface area contributed by atoms with Crippen molar-refractivity contribution in [2.75, 3.05) is 5.32 Å². The third kappa shape index (κ3) is 4.25. The molecule has 1 heterocycles. The van der Waals surface area contributed by atoms with Gasteiger partial charge in [-0.15, -0.1) is 0 Å².